The number of amides is 1. The van der Waals surface area contributed by atoms with E-state index in [1.165, 1.54) is 6.07 Å². The fourth-order valence-electron chi connectivity index (χ4n) is 2.29. The van der Waals surface area contributed by atoms with Gasteiger partial charge in [-0.3, -0.25) is 9.69 Å². The summed E-state index contributed by atoms with van der Waals surface area (Å²) in [6.07, 6.45) is 0.566. The molecule has 20 heavy (non-hydrogen) atoms. The van der Waals surface area contributed by atoms with E-state index in [-0.39, 0.29) is 11.7 Å². The summed E-state index contributed by atoms with van der Waals surface area (Å²) in [6, 6.07) is 6.43. The van der Waals surface area contributed by atoms with Crippen molar-refractivity contribution in [2.75, 3.05) is 39.3 Å². The highest BCUT2D eigenvalue weighted by Gasteiger charge is 2.19. The van der Waals surface area contributed by atoms with Crippen molar-refractivity contribution in [1.29, 1.82) is 0 Å². The summed E-state index contributed by atoms with van der Waals surface area (Å²) in [5.41, 5.74) is 0. The molecular weight excluding hydrogens is 259 g/mol. The SMILES string of the molecule is CCC(=O)N1CCN(CCOc2ccccc2F)CC1. The number of ether oxygens (including phenoxy) is 1. The van der Waals surface area contributed by atoms with Crippen molar-refractivity contribution in [3.05, 3.63) is 30.1 Å². The second kappa shape index (κ2) is 7.24. The van der Waals surface area contributed by atoms with Gasteiger partial charge in [0.1, 0.15) is 6.61 Å². The van der Waals surface area contributed by atoms with Gasteiger partial charge in [0.05, 0.1) is 0 Å². The van der Waals surface area contributed by atoms with Gasteiger partial charge in [-0.15, -0.1) is 0 Å². The highest BCUT2D eigenvalue weighted by Crippen LogP contribution is 2.15. The molecule has 0 bridgehead atoms. The van der Waals surface area contributed by atoms with E-state index in [1.807, 2.05) is 11.8 Å². The molecule has 0 spiro atoms. The van der Waals surface area contributed by atoms with Crippen LogP contribution in [0.2, 0.25) is 0 Å². The van der Waals surface area contributed by atoms with Gasteiger partial charge in [0.2, 0.25) is 5.91 Å². The number of nitrogens with zero attached hydrogens (tertiary/aromatic N) is 2. The molecule has 1 amide bonds. The summed E-state index contributed by atoms with van der Waals surface area (Å²) in [4.78, 5) is 15.7. The maximum absolute atomic E-state index is 13.4. The summed E-state index contributed by atoms with van der Waals surface area (Å²) < 4.78 is 18.8. The number of halogens is 1. The molecule has 2 rings (SSSR count). The van der Waals surface area contributed by atoms with Gasteiger partial charge in [0.25, 0.3) is 0 Å². The maximum Gasteiger partial charge on any atom is 0.222 e. The fourth-order valence-corrected chi connectivity index (χ4v) is 2.29. The lowest BCUT2D eigenvalue weighted by molar-refractivity contribution is -0.132. The standard InChI is InChI=1S/C15H21FN2O2/c1-2-15(19)18-9-7-17(8-10-18)11-12-20-14-6-4-3-5-13(14)16/h3-6H,2,7-12H2,1H3. The van der Waals surface area contributed by atoms with Crippen molar-refractivity contribution in [3.8, 4) is 5.75 Å². The van der Waals surface area contributed by atoms with E-state index >= 15 is 0 Å². The Morgan fingerprint density at radius 1 is 1.25 bits per heavy atom. The number of piperazine rings is 1. The van der Waals surface area contributed by atoms with Gasteiger partial charge in [0, 0.05) is 39.1 Å². The summed E-state index contributed by atoms with van der Waals surface area (Å²) in [5.74, 6) is 0.186. The van der Waals surface area contributed by atoms with E-state index in [2.05, 4.69) is 4.90 Å². The average molecular weight is 280 g/mol. The minimum absolute atomic E-state index is 0.215. The van der Waals surface area contributed by atoms with E-state index in [0.717, 1.165) is 32.7 Å². The zero-order valence-corrected chi connectivity index (χ0v) is 11.8. The second-order valence-electron chi connectivity index (χ2n) is 4.85. The van der Waals surface area contributed by atoms with E-state index in [0.29, 0.717) is 18.8 Å². The van der Waals surface area contributed by atoms with Crippen LogP contribution in [-0.4, -0.2) is 55.0 Å². The third kappa shape index (κ3) is 3.93. The van der Waals surface area contributed by atoms with Crippen LogP contribution in [0, 0.1) is 5.82 Å². The van der Waals surface area contributed by atoms with E-state index in [4.69, 9.17) is 4.74 Å². The van der Waals surface area contributed by atoms with Crippen LogP contribution in [0.3, 0.4) is 0 Å². The van der Waals surface area contributed by atoms with Crippen molar-refractivity contribution < 1.29 is 13.9 Å². The number of para-hydroxylation sites is 1. The lowest BCUT2D eigenvalue weighted by Crippen LogP contribution is -2.49. The molecule has 0 N–H and O–H groups in total. The zero-order chi connectivity index (χ0) is 14.4. The smallest absolute Gasteiger partial charge is 0.222 e. The van der Waals surface area contributed by atoms with Crippen LogP contribution in [0.15, 0.2) is 24.3 Å². The predicted molar refractivity (Wildman–Crippen MR) is 75.2 cm³/mol. The maximum atomic E-state index is 13.4. The number of benzene rings is 1. The number of rotatable bonds is 5. The Hall–Kier alpha value is -1.62. The average Bonchev–Trinajstić information content (AvgIpc) is 2.49. The Morgan fingerprint density at radius 3 is 2.60 bits per heavy atom. The van der Waals surface area contributed by atoms with Gasteiger partial charge in [0.15, 0.2) is 11.6 Å². The largest absolute Gasteiger partial charge is 0.489 e. The third-order valence-electron chi connectivity index (χ3n) is 3.53. The first kappa shape index (κ1) is 14.8. The Kier molecular flexibility index (Phi) is 5.35. The first-order valence-electron chi connectivity index (χ1n) is 7.08. The molecule has 0 unspecified atom stereocenters. The lowest BCUT2D eigenvalue weighted by atomic mass is 10.3. The highest BCUT2D eigenvalue weighted by atomic mass is 19.1. The molecule has 5 heteroatoms. The third-order valence-corrected chi connectivity index (χ3v) is 3.53. The molecule has 110 valence electrons. The molecule has 0 atom stereocenters. The van der Waals surface area contributed by atoms with Crippen LogP contribution in [0.1, 0.15) is 13.3 Å². The van der Waals surface area contributed by atoms with Gasteiger partial charge < -0.3 is 9.64 Å². The van der Waals surface area contributed by atoms with Crippen molar-refractivity contribution in [2.24, 2.45) is 0 Å². The minimum Gasteiger partial charge on any atom is -0.489 e. The molecule has 1 aliphatic heterocycles. The molecule has 1 saturated heterocycles. The van der Waals surface area contributed by atoms with Crippen molar-refractivity contribution in [3.63, 3.8) is 0 Å². The predicted octanol–water partition coefficient (Wildman–Crippen LogP) is 1.76. The molecule has 1 aliphatic rings. The van der Waals surface area contributed by atoms with Crippen LogP contribution in [0.4, 0.5) is 4.39 Å². The molecule has 4 nitrogen and oxygen atoms in total. The lowest BCUT2D eigenvalue weighted by Gasteiger charge is -2.34. The normalized spacial score (nSPS) is 16.2. The van der Waals surface area contributed by atoms with E-state index in [1.54, 1.807) is 18.2 Å². The van der Waals surface area contributed by atoms with Crippen LogP contribution >= 0.6 is 0 Å². The van der Waals surface area contributed by atoms with Crippen molar-refractivity contribution in [2.45, 2.75) is 13.3 Å². The molecule has 1 aromatic rings. The Bertz CT molecular complexity index is 445. The van der Waals surface area contributed by atoms with Gasteiger partial charge in [-0.1, -0.05) is 19.1 Å². The number of hydrogen-bond donors (Lipinski definition) is 0. The molecule has 1 fully saturated rings. The van der Waals surface area contributed by atoms with E-state index in [9.17, 15) is 9.18 Å². The van der Waals surface area contributed by atoms with Crippen LogP contribution in [0.5, 0.6) is 5.75 Å². The topological polar surface area (TPSA) is 32.8 Å². The zero-order valence-electron chi connectivity index (χ0n) is 11.8. The Labute approximate surface area is 119 Å². The quantitative estimate of drug-likeness (QED) is 0.824. The van der Waals surface area contributed by atoms with Gasteiger partial charge in [-0.25, -0.2) is 4.39 Å². The number of carbonyl (C=O) groups excluding carboxylic acids is 1. The van der Waals surface area contributed by atoms with Crippen LogP contribution in [-0.2, 0) is 4.79 Å². The molecule has 0 radical (unpaired) electrons. The molecular formula is C15H21FN2O2. The Morgan fingerprint density at radius 2 is 1.95 bits per heavy atom. The Balaban J connectivity index is 1.69. The van der Waals surface area contributed by atoms with Crippen molar-refractivity contribution in [1.82, 2.24) is 9.80 Å². The first-order chi connectivity index (χ1) is 9.70. The van der Waals surface area contributed by atoms with Gasteiger partial charge in [-0.2, -0.15) is 0 Å². The van der Waals surface area contributed by atoms with Gasteiger partial charge >= 0.3 is 0 Å². The summed E-state index contributed by atoms with van der Waals surface area (Å²) in [6.45, 7) is 6.35. The highest BCUT2D eigenvalue weighted by molar-refractivity contribution is 5.75. The summed E-state index contributed by atoms with van der Waals surface area (Å²) in [7, 11) is 0. The second-order valence-corrected chi connectivity index (χ2v) is 4.85. The monoisotopic (exact) mass is 280 g/mol. The number of hydrogen-bond acceptors (Lipinski definition) is 3. The van der Waals surface area contributed by atoms with Crippen LogP contribution < -0.4 is 4.74 Å². The molecule has 0 aliphatic carbocycles. The fraction of sp³-hybridized carbons (Fsp3) is 0.533. The molecule has 1 aromatic carbocycles. The summed E-state index contributed by atoms with van der Waals surface area (Å²) in [5, 5.41) is 0. The molecule has 0 aromatic heterocycles. The molecule has 0 saturated carbocycles. The van der Waals surface area contributed by atoms with Gasteiger partial charge in [-0.05, 0) is 12.1 Å². The number of carbonyl (C=O) groups is 1. The van der Waals surface area contributed by atoms with Crippen LogP contribution in [0.25, 0.3) is 0 Å². The molecule has 1 heterocycles. The van der Waals surface area contributed by atoms with Crippen molar-refractivity contribution >= 4 is 5.91 Å². The minimum atomic E-state index is -0.328. The summed E-state index contributed by atoms with van der Waals surface area (Å²) >= 11 is 0. The first-order valence-corrected chi connectivity index (χ1v) is 7.08. The van der Waals surface area contributed by atoms with E-state index < -0.39 is 0 Å².